The molecule has 0 unspecified atom stereocenters. The van der Waals surface area contributed by atoms with E-state index in [0.29, 0.717) is 12.0 Å². The van der Waals surface area contributed by atoms with Gasteiger partial charge in [-0.2, -0.15) is 4.97 Å². The van der Waals surface area contributed by atoms with Gasteiger partial charge in [0.05, 0.1) is 7.11 Å². The highest BCUT2D eigenvalue weighted by Gasteiger charge is 2.29. The van der Waals surface area contributed by atoms with Crippen LogP contribution in [0.15, 0.2) is 0 Å². The van der Waals surface area contributed by atoms with Gasteiger partial charge in [-0.3, -0.25) is 0 Å². The molecular weight excluding hydrogens is 129 g/mol. The van der Waals surface area contributed by atoms with E-state index in [0.717, 1.165) is 6.61 Å². The maximum absolute atomic E-state index is 5.10. The summed E-state index contributed by atoms with van der Waals surface area (Å²) < 4.78 is 5.10. The third kappa shape index (κ3) is 1.51. The van der Waals surface area contributed by atoms with Crippen LogP contribution in [0.5, 0.6) is 0 Å². The van der Waals surface area contributed by atoms with Crippen LogP contribution in [0.25, 0.3) is 0 Å². The minimum Gasteiger partial charge on any atom is -0.421 e. The molecule has 0 aromatic rings. The smallest absolute Gasteiger partial charge is 0.421 e. The van der Waals surface area contributed by atoms with Gasteiger partial charge in [-0.15, -0.1) is 0 Å². The first-order valence-electron chi connectivity index (χ1n) is 3.53. The zero-order chi connectivity index (χ0) is 7.56. The molecular formula is C6H13BNO2. The molecule has 1 radical (unpaired) electrons. The molecule has 1 atom stereocenters. The molecule has 0 bridgehead atoms. The van der Waals surface area contributed by atoms with Gasteiger partial charge in [0.15, 0.2) is 0 Å². The second kappa shape index (κ2) is 3.37. The largest absolute Gasteiger partial charge is 0.425 e. The van der Waals surface area contributed by atoms with Crippen LogP contribution in [-0.4, -0.2) is 32.4 Å². The number of hydroxylamine groups is 1. The Bertz CT molecular complexity index is 110. The Morgan fingerprint density at radius 3 is 2.80 bits per heavy atom. The van der Waals surface area contributed by atoms with Gasteiger partial charge in [0.25, 0.3) is 0 Å². The Morgan fingerprint density at radius 1 is 1.70 bits per heavy atom. The van der Waals surface area contributed by atoms with Crippen LogP contribution in [0.1, 0.15) is 13.8 Å². The van der Waals surface area contributed by atoms with Crippen molar-refractivity contribution in [1.29, 1.82) is 0 Å². The van der Waals surface area contributed by atoms with Gasteiger partial charge in [-0.1, -0.05) is 13.8 Å². The molecule has 0 aliphatic carbocycles. The quantitative estimate of drug-likeness (QED) is 0.522. The van der Waals surface area contributed by atoms with Crippen LogP contribution in [0.3, 0.4) is 0 Å². The molecule has 1 fully saturated rings. The SMILES string of the molecule is CON1[B]OC[C@H]1C(C)C. The molecule has 0 aromatic carbocycles. The summed E-state index contributed by atoms with van der Waals surface area (Å²) in [6.07, 6.45) is 0. The summed E-state index contributed by atoms with van der Waals surface area (Å²) in [6.45, 7) is 5.05. The summed E-state index contributed by atoms with van der Waals surface area (Å²) in [5.41, 5.74) is 0. The molecule has 0 aromatic heterocycles. The first-order chi connectivity index (χ1) is 4.75. The molecule has 4 heteroatoms. The fraction of sp³-hybridized carbons (Fsp3) is 1.00. The van der Waals surface area contributed by atoms with Gasteiger partial charge >= 0.3 is 7.62 Å². The molecule has 3 nitrogen and oxygen atoms in total. The fourth-order valence-electron chi connectivity index (χ4n) is 1.03. The maximum Gasteiger partial charge on any atom is 0.425 e. The molecule has 10 heavy (non-hydrogen) atoms. The van der Waals surface area contributed by atoms with E-state index in [1.165, 1.54) is 0 Å². The van der Waals surface area contributed by atoms with Crippen molar-refractivity contribution in [2.24, 2.45) is 5.92 Å². The van der Waals surface area contributed by atoms with E-state index in [1.807, 2.05) is 0 Å². The third-order valence-electron chi connectivity index (χ3n) is 1.75. The van der Waals surface area contributed by atoms with Crippen molar-refractivity contribution in [3.8, 4) is 0 Å². The predicted octanol–water partition coefficient (Wildman–Crippen LogP) is 0.439. The van der Waals surface area contributed by atoms with Gasteiger partial charge in [-0.25, -0.2) is 0 Å². The summed E-state index contributed by atoms with van der Waals surface area (Å²) in [4.78, 5) is 6.79. The lowest BCUT2D eigenvalue weighted by molar-refractivity contribution is -0.0841. The van der Waals surface area contributed by atoms with Crippen molar-refractivity contribution in [2.75, 3.05) is 13.7 Å². The Hall–Kier alpha value is -0.0551. The summed E-state index contributed by atoms with van der Waals surface area (Å²) in [5, 5.41) is 0. The van der Waals surface area contributed by atoms with E-state index in [1.54, 1.807) is 19.7 Å². The normalized spacial score (nSPS) is 27.4. The first-order valence-corrected chi connectivity index (χ1v) is 3.53. The molecule has 0 saturated carbocycles. The van der Waals surface area contributed by atoms with Crippen LogP contribution in [0, 0.1) is 5.92 Å². The lowest BCUT2D eigenvalue weighted by atomic mass is 10.0. The fourth-order valence-corrected chi connectivity index (χ4v) is 1.03. The molecule has 1 aliphatic heterocycles. The van der Waals surface area contributed by atoms with Crippen molar-refractivity contribution in [2.45, 2.75) is 19.9 Å². The minimum absolute atomic E-state index is 0.380. The highest BCUT2D eigenvalue weighted by Crippen LogP contribution is 2.15. The second-order valence-corrected chi connectivity index (χ2v) is 2.79. The van der Waals surface area contributed by atoms with E-state index < -0.39 is 0 Å². The number of hydrogen-bond acceptors (Lipinski definition) is 3. The van der Waals surface area contributed by atoms with E-state index >= 15 is 0 Å². The van der Waals surface area contributed by atoms with Crippen LogP contribution in [-0.2, 0) is 9.49 Å². The number of hydrogen-bond donors (Lipinski definition) is 0. The standard InChI is InChI=1S/C6H13BNO2/c1-5(2)6-4-10-7-8(6)9-3/h5-6H,4H2,1-3H3/t6-/m0/s1. The second-order valence-electron chi connectivity index (χ2n) is 2.79. The van der Waals surface area contributed by atoms with E-state index in [-0.39, 0.29) is 0 Å². The summed E-state index contributed by atoms with van der Waals surface area (Å²) in [5.74, 6) is 0.568. The van der Waals surface area contributed by atoms with Crippen molar-refractivity contribution in [3.63, 3.8) is 0 Å². The van der Waals surface area contributed by atoms with E-state index in [9.17, 15) is 0 Å². The molecule has 1 saturated heterocycles. The molecule has 1 aliphatic rings. The van der Waals surface area contributed by atoms with Crippen LogP contribution in [0.4, 0.5) is 0 Å². The predicted molar refractivity (Wildman–Crippen MR) is 39.2 cm³/mol. The monoisotopic (exact) mass is 142 g/mol. The molecule has 0 amide bonds. The third-order valence-corrected chi connectivity index (χ3v) is 1.75. The van der Waals surface area contributed by atoms with Gasteiger partial charge in [0.2, 0.25) is 0 Å². The van der Waals surface area contributed by atoms with Crippen molar-refractivity contribution in [3.05, 3.63) is 0 Å². The zero-order valence-corrected chi connectivity index (χ0v) is 6.70. The minimum atomic E-state index is 0.380. The van der Waals surface area contributed by atoms with Crippen LogP contribution < -0.4 is 0 Å². The summed E-state index contributed by atoms with van der Waals surface area (Å²) in [6, 6.07) is 0.380. The summed E-state index contributed by atoms with van der Waals surface area (Å²) in [7, 11) is 3.28. The van der Waals surface area contributed by atoms with E-state index in [4.69, 9.17) is 9.49 Å². The van der Waals surface area contributed by atoms with Crippen LogP contribution in [0.2, 0.25) is 0 Å². The highest BCUT2D eigenvalue weighted by atomic mass is 16.7. The van der Waals surface area contributed by atoms with Crippen molar-refractivity contribution < 1.29 is 9.49 Å². The molecule has 57 valence electrons. The maximum atomic E-state index is 5.10. The van der Waals surface area contributed by atoms with Gasteiger partial charge < -0.3 is 9.49 Å². The average molecular weight is 142 g/mol. The van der Waals surface area contributed by atoms with Gasteiger partial charge in [0, 0.05) is 12.6 Å². The lowest BCUT2D eigenvalue weighted by Gasteiger charge is -2.22. The van der Waals surface area contributed by atoms with E-state index in [2.05, 4.69) is 13.8 Å². The Balaban J connectivity index is 2.42. The molecule has 1 heterocycles. The Kier molecular flexibility index (Phi) is 2.71. The molecule has 1 rings (SSSR count). The zero-order valence-electron chi connectivity index (χ0n) is 6.70. The van der Waals surface area contributed by atoms with Crippen LogP contribution >= 0.6 is 0 Å². The van der Waals surface area contributed by atoms with Crippen molar-refractivity contribution >= 4 is 7.62 Å². The lowest BCUT2D eigenvalue weighted by Crippen LogP contribution is -2.35. The molecule has 0 spiro atoms. The summed E-state index contributed by atoms with van der Waals surface area (Å²) >= 11 is 0. The average Bonchev–Trinajstić information content (AvgIpc) is 2.33. The first kappa shape index (κ1) is 8.05. The number of nitrogens with zero attached hydrogens (tertiary/aromatic N) is 1. The number of rotatable bonds is 2. The molecule has 0 N–H and O–H groups in total. The topological polar surface area (TPSA) is 21.7 Å². The van der Waals surface area contributed by atoms with Gasteiger partial charge in [0.1, 0.15) is 0 Å². The van der Waals surface area contributed by atoms with Gasteiger partial charge in [-0.05, 0) is 5.92 Å². The Labute approximate surface area is 62.5 Å². The highest BCUT2D eigenvalue weighted by molar-refractivity contribution is 6.23. The van der Waals surface area contributed by atoms with Crippen molar-refractivity contribution in [1.82, 2.24) is 4.97 Å². The Morgan fingerprint density at radius 2 is 2.40 bits per heavy atom.